The summed E-state index contributed by atoms with van der Waals surface area (Å²) in [6.07, 6.45) is 7.47. The van der Waals surface area contributed by atoms with Crippen LogP contribution in [0.5, 0.6) is 0 Å². The SMILES string of the molecule is CCCn1ccnc1CN1CCC[C@H]1c1cc(NC)nc(C)n1. The van der Waals surface area contributed by atoms with Crippen molar-refractivity contribution in [2.24, 2.45) is 0 Å². The average Bonchev–Trinajstić information content (AvgIpc) is 3.17. The standard InChI is InChI=1S/C17H26N6/c1-4-8-22-10-7-19-17(22)12-23-9-5-6-15(23)14-11-16(18-3)21-13(2)20-14/h7,10-11,15H,4-6,8-9,12H2,1-3H3,(H,18,20,21)/t15-/m0/s1. The molecule has 0 bridgehead atoms. The fourth-order valence-corrected chi connectivity index (χ4v) is 3.36. The predicted octanol–water partition coefficient (Wildman–Crippen LogP) is 2.77. The Morgan fingerprint density at radius 3 is 3.00 bits per heavy atom. The lowest BCUT2D eigenvalue weighted by Crippen LogP contribution is -2.25. The Kier molecular flexibility index (Phi) is 4.91. The van der Waals surface area contributed by atoms with Gasteiger partial charge in [0.15, 0.2) is 0 Å². The highest BCUT2D eigenvalue weighted by Crippen LogP contribution is 2.32. The van der Waals surface area contributed by atoms with Crippen molar-refractivity contribution in [1.29, 1.82) is 0 Å². The maximum atomic E-state index is 4.68. The zero-order valence-electron chi connectivity index (χ0n) is 14.3. The van der Waals surface area contributed by atoms with Gasteiger partial charge in [-0.1, -0.05) is 6.92 Å². The molecule has 1 aliphatic rings. The van der Waals surface area contributed by atoms with Crippen molar-refractivity contribution in [3.05, 3.63) is 35.8 Å². The fraction of sp³-hybridized carbons (Fsp3) is 0.588. The van der Waals surface area contributed by atoms with Crippen molar-refractivity contribution in [2.75, 3.05) is 18.9 Å². The Labute approximate surface area is 138 Å². The number of imidazole rings is 1. The lowest BCUT2D eigenvalue weighted by atomic mass is 10.1. The first-order valence-electron chi connectivity index (χ1n) is 8.48. The summed E-state index contributed by atoms with van der Waals surface area (Å²) in [5, 5.41) is 3.13. The number of aromatic nitrogens is 4. The van der Waals surface area contributed by atoms with Gasteiger partial charge in [-0.05, 0) is 32.7 Å². The average molecular weight is 314 g/mol. The van der Waals surface area contributed by atoms with Crippen LogP contribution in [0.2, 0.25) is 0 Å². The van der Waals surface area contributed by atoms with E-state index in [2.05, 4.69) is 48.9 Å². The minimum Gasteiger partial charge on any atom is -0.373 e. The van der Waals surface area contributed by atoms with Crippen molar-refractivity contribution in [1.82, 2.24) is 24.4 Å². The summed E-state index contributed by atoms with van der Waals surface area (Å²) in [4.78, 5) is 16.1. The minimum atomic E-state index is 0.357. The molecule has 0 aromatic carbocycles. The fourth-order valence-electron chi connectivity index (χ4n) is 3.36. The molecule has 1 atom stereocenters. The van der Waals surface area contributed by atoms with E-state index >= 15 is 0 Å². The van der Waals surface area contributed by atoms with E-state index in [1.807, 2.05) is 20.2 Å². The molecule has 124 valence electrons. The largest absolute Gasteiger partial charge is 0.373 e. The van der Waals surface area contributed by atoms with Gasteiger partial charge in [0.2, 0.25) is 0 Å². The maximum absolute atomic E-state index is 4.68. The van der Waals surface area contributed by atoms with Gasteiger partial charge in [-0.2, -0.15) is 0 Å². The van der Waals surface area contributed by atoms with Crippen LogP contribution in [0.4, 0.5) is 5.82 Å². The molecular formula is C17H26N6. The van der Waals surface area contributed by atoms with Crippen LogP contribution in [0, 0.1) is 6.92 Å². The van der Waals surface area contributed by atoms with Gasteiger partial charge in [-0.15, -0.1) is 0 Å². The third-order valence-corrected chi connectivity index (χ3v) is 4.43. The molecular weight excluding hydrogens is 288 g/mol. The predicted molar refractivity (Wildman–Crippen MR) is 91.2 cm³/mol. The third kappa shape index (κ3) is 3.52. The molecule has 0 amide bonds. The van der Waals surface area contributed by atoms with Gasteiger partial charge in [-0.25, -0.2) is 15.0 Å². The second kappa shape index (κ2) is 7.08. The number of aryl methyl sites for hydroxylation is 2. The molecule has 1 saturated heterocycles. The second-order valence-electron chi connectivity index (χ2n) is 6.14. The zero-order chi connectivity index (χ0) is 16.2. The number of nitrogens with zero attached hydrogens (tertiary/aromatic N) is 5. The molecule has 3 heterocycles. The van der Waals surface area contributed by atoms with E-state index in [0.717, 1.165) is 55.6 Å². The molecule has 6 heteroatoms. The number of likely N-dealkylation sites (tertiary alicyclic amines) is 1. The molecule has 0 aliphatic carbocycles. The Morgan fingerprint density at radius 2 is 2.22 bits per heavy atom. The van der Waals surface area contributed by atoms with E-state index in [0.29, 0.717) is 6.04 Å². The van der Waals surface area contributed by atoms with Crippen LogP contribution in [-0.4, -0.2) is 38.0 Å². The van der Waals surface area contributed by atoms with Crippen molar-refractivity contribution < 1.29 is 0 Å². The van der Waals surface area contributed by atoms with Crippen molar-refractivity contribution in [3.63, 3.8) is 0 Å². The summed E-state index contributed by atoms with van der Waals surface area (Å²) >= 11 is 0. The highest BCUT2D eigenvalue weighted by Gasteiger charge is 2.28. The van der Waals surface area contributed by atoms with E-state index in [1.165, 1.54) is 6.42 Å². The summed E-state index contributed by atoms with van der Waals surface area (Å²) in [7, 11) is 1.90. The van der Waals surface area contributed by atoms with Crippen molar-refractivity contribution >= 4 is 5.82 Å². The number of hydrogen-bond donors (Lipinski definition) is 1. The summed E-state index contributed by atoms with van der Waals surface area (Å²) in [5.41, 5.74) is 1.12. The number of nitrogens with one attached hydrogen (secondary N) is 1. The number of anilines is 1. The summed E-state index contributed by atoms with van der Waals surface area (Å²) in [5.74, 6) is 2.87. The van der Waals surface area contributed by atoms with E-state index < -0.39 is 0 Å². The monoisotopic (exact) mass is 314 g/mol. The first-order valence-corrected chi connectivity index (χ1v) is 8.48. The van der Waals surface area contributed by atoms with Gasteiger partial charge in [0.1, 0.15) is 17.5 Å². The van der Waals surface area contributed by atoms with E-state index in [9.17, 15) is 0 Å². The van der Waals surface area contributed by atoms with Crippen LogP contribution < -0.4 is 5.32 Å². The van der Waals surface area contributed by atoms with Gasteiger partial charge in [-0.3, -0.25) is 4.90 Å². The molecule has 6 nitrogen and oxygen atoms in total. The van der Waals surface area contributed by atoms with Crippen molar-refractivity contribution in [2.45, 2.75) is 52.2 Å². The Bertz CT molecular complexity index is 650. The van der Waals surface area contributed by atoms with Crippen LogP contribution in [0.1, 0.15) is 49.6 Å². The Hall–Kier alpha value is -1.95. The molecule has 0 saturated carbocycles. The highest BCUT2D eigenvalue weighted by atomic mass is 15.2. The molecule has 1 fully saturated rings. The smallest absolute Gasteiger partial charge is 0.129 e. The lowest BCUT2D eigenvalue weighted by Gasteiger charge is -2.24. The van der Waals surface area contributed by atoms with Crippen LogP contribution in [-0.2, 0) is 13.1 Å². The minimum absolute atomic E-state index is 0.357. The van der Waals surface area contributed by atoms with Crippen LogP contribution in [0.25, 0.3) is 0 Å². The first kappa shape index (κ1) is 15.9. The van der Waals surface area contributed by atoms with Gasteiger partial charge < -0.3 is 9.88 Å². The van der Waals surface area contributed by atoms with E-state index in [4.69, 9.17) is 0 Å². The summed E-state index contributed by atoms with van der Waals surface area (Å²) in [6.45, 7) is 7.17. The molecule has 23 heavy (non-hydrogen) atoms. The zero-order valence-corrected chi connectivity index (χ0v) is 14.3. The first-order chi connectivity index (χ1) is 11.2. The van der Waals surface area contributed by atoms with E-state index in [-0.39, 0.29) is 0 Å². The molecule has 2 aromatic rings. The molecule has 0 radical (unpaired) electrons. The van der Waals surface area contributed by atoms with Crippen LogP contribution in [0.15, 0.2) is 18.5 Å². The summed E-state index contributed by atoms with van der Waals surface area (Å²) in [6, 6.07) is 2.43. The molecule has 1 N–H and O–H groups in total. The number of rotatable bonds is 6. The maximum Gasteiger partial charge on any atom is 0.129 e. The molecule has 0 spiro atoms. The van der Waals surface area contributed by atoms with Crippen LogP contribution in [0.3, 0.4) is 0 Å². The summed E-state index contributed by atoms with van der Waals surface area (Å²) < 4.78 is 2.26. The molecule has 0 unspecified atom stereocenters. The van der Waals surface area contributed by atoms with Crippen molar-refractivity contribution in [3.8, 4) is 0 Å². The molecule has 1 aliphatic heterocycles. The lowest BCUT2D eigenvalue weighted by molar-refractivity contribution is 0.234. The van der Waals surface area contributed by atoms with Gasteiger partial charge in [0.25, 0.3) is 0 Å². The van der Waals surface area contributed by atoms with Gasteiger partial charge in [0.05, 0.1) is 18.3 Å². The van der Waals surface area contributed by atoms with Gasteiger partial charge >= 0.3 is 0 Å². The van der Waals surface area contributed by atoms with E-state index in [1.54, 1.807) is 0 Å². The molecule has 2 aromatic heterocycles. The van der Waals surface area contributed by atoms with Crippen LogP contribution >= 0.6 is 0 Å². The second-order valence-corrected chi connectivity index (χ2v) is 6.14. The topological polar surface area (TPSA) is 58.9 Å². The number of hydrogen-bond acceptors (Lipinski definition) is 5. The quantitative estimate of drug-likeness (QED) is 0.888. The Balaban J connectivity index is 1.80. The Morgan fingerprint density at radius 1 is 1.35 bits per heavy atom. The third-order valence-electron chi connectivity index (χ3n) is 4.43. The highest BCUT2D eigenvalue weighted by molar-refractivity contribution is 5.36. The molecule has 3 rings (SSSR count). The van der Waals surface area contributed by atoms with Gasteiger partial charge in [0, 0.05) is 32.1 Å². The normalized spacial score (nSPS) is 18.5.